The molecule has 9 heteroatoms. The van der Waals surface area contributed by atoms with E-state index in [9.17, 15) is 30.5 Å². The highest BCUT2D eigenvalue weighted by Gasteiger charge is 2.48. The fourth-order valence-electron chi connectivity index (χ4n) is 2.85. The van der Waals surface area contributed by atoms with Crippen LogP contribution in [0.3, 0.4) is 0 Å². The Hall–Kier alpha value is -3.31. The maximum Gasteiger partial charge on any atom is 0.335 e. The molecule has 1 heterocycles. The maximum atomic E-state index is 11.4. The molecule has 0 bridgehead atoms. The minimum Gasteiger partial charge on any atom is -0.479 e. The van der Waals surface area contributed by atoms with Crippen LogP contribution in [0.15, 0.2) is 48.4 Å². The lowest BCUT2D eigenvalue weighted by Gasteiger charge is -2.40. The largest absolute Gasteiger partial charge is 0.479 e. The van der Waals surface area contributed by atoms with E-state index in [1.807, 2.05) is 6.07 Å². The van der Waals surface area contributed by atoms with E-state index in [2.05, 4.69) is 0 Å². The molecular formula is C21H18N2O7. The Morgan fingerprint density at radius 2 is 1.57 bits per heavy atom. The molecule has 3 rings (SSSR count). The number of nitriles is 2. The van der Waals surface area contributed by atoms with E-state index >= 15 is 0 Å². The lowest BCUT2D eigenvalue weighted by molar-refractivity contribution is -0.302. The topological polar surface area (TPSA) is 164 Å². The van der Waals surface area contributed by atoms with E-state index in [0.717, 1.165) is 0 Å². The number of aliphatic hydroxyl groups excluding tert-OH is 3. The number of hydrogen-bond acceptors (Lipinski definition) is 8. The Morgan fingerprint density at radius 1 is 0.967 bits per heavy atom. The number of carboxylic acid groups (broad SMARTS) is 1. The van der Waals surface area contributed by atoms with E-state index in [4.69, 9.17) is 20.2 Å². The van der Waals surface area contributed by atoms with Crippen LogP contribution in [0.2, 0.25) is 0 Å². The quantitative estimate of drug-likeness (QED) is 0.543. The number of carbonyl (C=O) groups is 1. The van der Waals surface area contributed by atoms with Crippen molar-refractivity contribution in [1.29, 1.82) is 10.5 Å². The van der Waals surface area contributed by atoms with Gasteiger partial charge in [0.05, 0.1) is 28.7 Å². The molecule has 0 aromatic heterocycles. The Labute approximate surface area is 177 Å². The Kier molecular flexibility index (Phi) is 4.95. The van der Waals surface area contributed by atoms with Crippen molar-refractivity contribution in [2.24, 2.45) is 0 Å². The number of carboxylic acids is 1. The summed E-state index contributed by atoms with van der Waals surface area (Å²) in [5, 5.41) is 57.9. The third kappa shape index (κ3) is 4.31. The number of hydrogen-bond donors (Lipinski definition) is 4. The van der Waals surface area contributed by atoms with Crippen molar-refractivity contribution in [2.45, 2.75) is 36.8 Å². The van der Waals surface area contributed by atoms with Crippen LogP contribution in [0, 0.1) is 22.7 Å². The van der Waals surface area contributed by atoms with Crippen molar-refractivity contribution >= 4 is 5.97 Å². The van der Waals surface area contributed by atoms with Gasteiger partial charge in [-0.3, -0.25) is 0 Å². The predicted octanol–water partition coefficient (Wildman–Crippen LogP) is 0.428. The van der Waals surface area contributed by atoms with Gasteiger partial charge in [-0.1, -0.05) is 24.2 Å². The van der Waals surface area contributed by atoms with Crippen molar-refractivity contribution in [3.63, 3.8) is 0 Å². The Balaban J connectivity index is 2.16. The summed E-state index contributed by atoms with van der Waals surface area (Å²) in [5.41, 5.74) is -0.439. The van der Waals surface area contributed by atoms with Gasteiger partial charge in [0.1, 0.15) is 24.4 Å². The molecule has 154 valence electrons. The van der Waals surface area contributed by atoms with Crippen LogP contribution in [0.1, 0.15) is 33.8 Å². The minimum absolute atomic E-state index is 0.174. The molecule has 1 saturated heterocycles. The van der Waals surface area contributed by atoms with Gasteiger partial charge in [0.15, 0.2) is 12.4 Å². The minimum atomic E-state index is -1.98. The van der Waals surface area contributed by atoms with Crippen LogP contribution in [-0.4, -0.2) is 57.1 Å². The van der Waals surface area contributed by atoms with Crippen molar-refractivity contribution in [1.82, 2.24) is 0 Å². The first-order chi connectivity index (χ1) is 16.0. The smallest absolute Gasteiger partial charge is 0.335 e. The molecule has 30 heavy (non-hydrogen) atoms. The van der Waals surface area contributed by atoms with Gasteiger partial charge in [0.25, 0.3) is 0 Å². The van der Waals surface area contributed by atoms with Gasteiger partial charge in [-0.2, -0.15) is 10.5 Å². The zero-order chi connectivity index (χ0) is 25.3. The Bertz CT molecular complexity index is 1170. The third-order valence-electron chi connectivity index (χ3n) is 4.44. The molecule has 0 aliphatic carbocycles. The molecule has 0 spiro atoms. The van der Waals surface area contributed by atoms with E-state index in [1.54, 1.807) is 6.07 Å². The first kappa shape index (κ1) is 16.5. The van der Waals surface area contributed by atoms with Crippen LogP contribution in [-0.2, 0) is 14.3 Å². The van der Waals surface area contributed by atoms with E-state index < -0.39 is 72.5 Å². The molecule has 1 aliphatic rings. The average Bonchev–Trinajstić information content (AvgIpc) is 2.82. The highest BCUT2D eigenvalue weighted by Crippen LogP contribution is 2.32. The van der Waals surface area contributed by atoms with Crippen LogP contribution >= 0.6 is 0 Å². The number of benzene rings is 2. The Morgan fingerprint density at radius 3 is 2.10 bits per heavy atom. The molecular weight excluding hydrogens is 392 g/mol. The van der Waals surface area contributed by atoms with Crippen LogP contribution in [0.25, 0.3) is 0 Å². The van der Waals surface area contributed by atoms with E-state index in [1.165, 1.54) is 24.3 Å². The number of aliphatic carboxylic acids is 1. The molecule has 2 aromatic rings. The zero-order valence-electron chi connectivity index (χ0n) is 19.2. The summed E-state index contributed by atoms with van der Waals surface area (Å²) in [6, 6.07) is 6.46. The third-order valence-corrected chi connectivity index (χ3v) is 4.44. The molecule has 1 fully saturated rings. The number of ether oxygens (including phenoxy) is 2. The van der Waals surface area contributed by atoms with Gasteiger partial charge in [-0.25, -0.2) is 4.79 Å². The van der Waals surface area contributed by atoms with Crippen molar-refractivity contribution in [3.05, 3.63) is 70.7 Å². The van der Waals surface area contributed by atoms with Gasteiger partial charge >= 0.3 is 5.97 Å². The second-order valence-electron chi connectivity index (χ2n) is 6.39. The van der Waals surface area contributed by atoms with Crippen molar-refractivity contribution in [3.8, 4) is 12.1 Å². The number of nitrogens with zero attached hydrogens (tertiary/aromatic N) is 2. The average molecular weight is 414 g/mol. The lowest BCUT2D eigenvalue weighted by Crippen LogP contribution is -2.60. The second kappa shape index (κ2) is 9.01. The molecule has 2 aromatic carbocycles. The lowest BCUT2D eigenvalue weighted by atomic mass is 9.97. The standard InChI is InChI=1S/C21H18N2O7/c22-9-11-1-5-13(6-2-11)18(14-7-3-12(10-23)4-8-14)29-21-17(26)15(24)16(25)19(30-21)20(27)28/h1-8,15-19,21,24-26H,(H,27,28)/t15-,16-,17+,19-,21+/m0/s1/i1D,2D,5D,6D/t15-,16-,17+,18?,19-,21+. The fraction of sp³-hybridized carbons (Fsp3) is 0.286. The summed E-state index contributed by atoms with van der Waals surface area (Å²) >= 11 is 0. The van der Waals surface area contributed by atoms with E-state index in [-0.39, 0.29) is 16.7 Å². The molecule has 0 amide bonds. The summed E-state index contributed by atoms with van der Waals surface area (Å²) in [4.78, 5) is 11.4. The first-order valence-electron chi connectivity index (χ1n) is 10.6. The number of aliphatic hydroxyl groups is 3. The van der Waals surface area contributed by atoms with Gasteiger partial charge < -0.3 is 29.9 Å². The van der Waals surface area contributed by atoms with Crippen LogP contribution in [0.4, 0.5) is 0 Å². The molecule has 6 atom stereocenters. The summed E-state index contributed by atoms with van der Waals surface area (Å²) in [5.74, 6) is -1.65. The van der Waals surface area contributed by atoms with Gasteiger partial charge in [0.2, 0.25) is 0 Å². The van der Waals surface area contributed by atoms with E-state index in [0.29, 0.717) is 0 Å². The van der Waals surface area contributed by atoms with Gasteiger partial charge in [-0.05, 0) is 35.3 Å². The molecule has 1 aliphatic heterocycles. The molecule has 4 N–H and O–H groups in total. The highest BCUT2D eigenvalue weighted by molar-refractivity contribution is 5.73. The summed E-state index contributed by atoms with van der Waals surface area (Å²) in [7, 11) is 0. The zero-order valence-corrected chi connectivity index (χ0v) is 15.2. The van der Waals surface area contributed by atoms with Crippen LogP contribution < -0.4 is 0 Å². The monoisotopic (exact) mass is 414 g/mol. The first-order valence-corrected chi connectivity index (χ1v) is 8.61. The molecule has 9 nitrogen and oxygen atoms in total. The van der Waals surface area contributed by atoms with Crippen molar-refractivity contribution < 1.29 is 40.2 Å². The van der Waals surface area contributed by atoms with Crippen LogP contribution in [0.5, 0.6) is 0 Å². The van der Waals surface area contributed by atoms with Crippen molar-refractivity contribution in [2.75, 3.05) is 0 Å². The molecule has 0 saturated carbocycles. The number of rotatable bonds is 5. The summed E-state index contributed by atoms with van der Waals surface area (Å²) in [6.45, 7) is 0. The summed E-state index contributed by atoms with van der Waals surface area (Å²) < 4.78 is 43.6. The predicted molar refractivity (Wildman–Crippen MR) is 99.6 cm³/mol. The maximum absolute atomic E-state index is 11.4. The van der Waals surface area contributed by atoms with Gasteiger partial charge in [-0.15, -0.1) is 0 Å². The summed E-state index contributed by atoms with van der Waals surface area (Å²) in [6.07, 6.45) is -11.3. The molecule has 0 radical (unpaired) electrons. The SMILES string of the molecule is [2H]c1c([2H])c(C(O[C@@H]2O[C@H](C(=O)O)[C@@H](O)[C@H](O)[C@H]2O)c2ccc(C#N)cc2)c([2H])c([2H])c1C#N. The highest BCUT2D eigenvalue weighted by atomic mass is 16.7. The fourth-order valence-corrected chi connectivity index (χ4v) is 2.85. The molecule has 1 unspecified atom stereocenters. The van der Waals surface area contributed by atoms with Gasteiger partial charge in [0, 0.05) is 0 Å². The normalized spacial score (nSPS) is 28.8. The second-order valence-corrected chi connectivity index (χ2v) is 6.39.